The van der Waals surface area contributed by atoms with Gasteiger partial charge in [0, 0.05) is 12.7 Å². The molecule has 0 heterocycles. The quantitative estimate of drug-likeness (QED) is 0.370. The number of anilines is 1. The lowest BCUT2D eigenvalue weighted by Crippen LogP contribution is -2.44. The third kappa shape index (κ3) is 5.82. The van der Waals surface area contributed by atoms with E-state index in [2.05, 4.69) is 26.4 Å². The lowest BCUT2D eigenvalue weighted by molar-refractivity contribution is -0.253. The van der Waals surface area contributed by atoms with Crippen LogP contribution in [0.4, 0.5) is 10.5 Å². The summed E-state index contributed by atoms with van der Waals surface area (Å²) in [5.41, 5.74) is 6.06. The number of urea groups is 1. The average molecular weight is 268 g/mol. The third-order valence-electron chi connectivity index (χ3n) is 2.12. The molecule has 0 aromatic heterocycles. The van der Waals surface area contributed by atoms with Crippen molar-refractivity contribution in [3.05, 3.63) is 29.8 Å². The molecule has 19 heavy (non-hydrogen) atoms. The topological polar surface area (TPSA) is 112 Å². The molecule has 104 valence electrons. The first kappa shape index (κ1) is 14.9. The molecule has 3 amide bonds. The molecule has 8 nitrogen and oxygen atoms in total. The predicted octanol–water partition coefficient (Wildman–Crippen LogP) is 0.0483. The molecule has 0 atom stereocenters. The van der Waals surface area contributed by atoms with Crippen molar-refractivity contribution in [1.29, 1.82) is 0 Å². The van der Waals surface area contributed by atoms with Crippen molar-refractivity contribution in [2.45, 2.75) is 6.61 Å². The molecule has 1 rings (SSSR count). The fraction of sp³-hybridized carbons (Fsp3) is 0.273. The first-order valence-electron chi connectivity index (χ1n) is 5.51. The minimum atomic E-state index is -0.493. The van der Waals surface area contributed by atoms with Crippen molar-refractivity contribution in [3.8, 4) is 0 Å². The first-order valence-corrected chi connectivity index (χ1v) is 5.51. The second-order valence-electron chi connectivity index (χ2n) is 3.58. The molecule has 0 spiro atoms. The maximum Gasteiger partial charge on any atom is 0.329 e. The summed E-state index contributed by atoms with van der Waals surface area (Å²) in [6.07, 6.45) is 0. The van der Waals surface area contributed by atoms with Gasteiger partial charge in [-0.3, -0.25) is 15.5 Å². The van der Waals surface area contributed by atoms with E-state index in [4.69, 9.17) is 5.26 Å². The normalized spacial score (nSPS) is 9.79. The Morgan fingerprint density at radius 2 is 1.95 bits per heavy atom. The molecule has 5 N–H and O–H groups in total. The summed E-state index contributed by atoms with van der Waals surface area (Å²) in [6.45, 7) is -0.0605. The van der Waals surface area contributed by atoms with E-state index in [-0.39, 0.29) is 19.1 Å². The fourth-order valence-electron chi connectivity index (χ4n) is 1.28. The zero-order chi connectivity index (χ0) is 14.1. The molecule has 8 heteroatoms. The van der Waals surface area contributed by atoms with Gasteiger partial charge in [0.2, 0.25) is 5.91 Å². The van der Waals surface area contributed by atoms with Gasteiger partial charge in [-0.25, -0.2) is 15.1 Å². The van der Waals surface area contributed by atoms with E-state index in [9.17, 15) is 9.59 Å². The van der Waals surface area contributed by atoms with Crippen molar-refractivity contribution >= 4 is 17.6 Å². The van der Waals surface area contributed by atoms with Gasteiger partial charge in [0.05, 0.1) is 6.54 Å². The molecule has 0 unspecified atom stereocenters. The Labute approximate surface area is 110 Å². The Hall–Kier alpha value is -2.16. The maximum absolute atomic E-state index is 11.5. The van der Waals surface area contributed by atoms with Crippen molar-refractivity contribution < 1.29 is 19.7 Å². The lowest BCUT2D eigenvalue weighted by atomic mass is 10.2. The summed E-state index contributed by atoms with van der Waals surface area (Å²) < 4.78 is 0. The van der Waals surface area contributed by atoms with Gasteiger partial charge >= 0.3 is 6.03 Å². The number of carbonyl (C=O) groups is 2. The van der Waals surface area contributed by atoms with Crippen LogP contribution in [0.1, 0.15) is 5.56 Å². The van der Waals surface area contributed by atoms with E-state index in [0.717, 1.165) is 5.56 Å². The van der Waals surface area contributed by atoms with E-state index in [1.807, 2.05) is 0 Å². The van der Waals surface area contributed by atoms with E-state index < -0.39 is 6.03 Å². The van der Waals surface area contributed by atoms with Gasteiger partial charge in [0.1, 0.15) is 6.61 Å². The van der Waals surface area contributed by atoms with Gasteiger partial charge in [-0.1, -0.05) is 12.1 Å². The molecule has 0 aliphatic heterocycles. The Morgan fingerprint density at radius 3 is 2.53 bits per heavy atom. The number of amides is 3. The minimum Gasteiger partial charge on any atom is -0.328 e. The minimum absolute atomic E-state index is 0.0833. The second kappa shape index (κ2) is 8.03. The summed E-state index contributed by atoms with van der Waals surface area (Å²) in [4.78, 5) is 26.5. The molecule has 0 aliphatic carbocycles. The number of rotatable bonds is 6. The summed E-state index contributed by atoms with van der Waals surface area (Å²) in [6, 6.07) is 6.24. The summed E-state index contributed by atoms with van der Waals surface area (Å²) in [7, 11) is 1.54. The molecule has 1 aromatic carbocycles. The summed E-state index contributed by atoms with van der Waals surface area (Å²) in [5.74, 6) is -0.350. The Balaban J connectivity index is 2.37. The molecule has 0 bridgehead atoms. The van der Waals surface area contributed by atoms with Crippen LogP contribution in [-0.2, 0) is 16.3 Å². The number of hydrazine groups is 1. The molecule has 0 aliphatic rings. The van der Waals surface area contributed by atoms with Gasteiger partial charge < -0.3 is 10.6 Å². The first-order chi connectivity index (χ1) is 9.15. The largest absolute Gasteiger partial charge is 0.329 e. The number of nitrogens with one attached hydrogen (secondary N) is 4. The SMILES string of the molecule is CNNC(=O)NCC(=O)Nc1ccc(COO)cc1. The average Bonchev–Trinajstić information content (AvgIpc) is 2.39. The molecule has 0 saturated carbocycles. The smallest absolute Gasteiger partial charge is 0.328 e. The van der Waals surface area contributed by atoms with Gasteiger partial charge in [-0.05, 0) is 17.7 Å². The highest BCUT2D eigenvalue weighted by Gasteiger charge is 2.04. The van der Waals surface area contributed by atoms with Gasteiger partial charge in [-0.15, -0.1) is 0 Å². The van der Waals surface area contributed by atoms with Crippen LogP contribution >= 0.6 is 0 Å². The van der Waals surface area contributed by atoms with Crippen LogP contribution in [-0.4, -0.2) is 30.8 Å². The van der Waals surface area contributed by atoms with Crippen molar-refractivity contribution in [2.24, 2.45) is 0 Å². The number of hydrogen-bond acceptors (Lipinski definition) is 5. The Morgan fingerprint density at radius 1 is 1.26 bits per heavy atom. The standard InChI is InChI=1S/C11H16N4O4/c1-12-15-11(17)13-6-10(16)14-9-4-2-8(3-5-9)7-19-18/h2-5,12,18H,6-7H2,1H3,(H,14,16)(H2,13,15,17). The monoisotopic (exact) mass is 268 g/mol. The number of carbonyl (C=O) groups excluding carboxylic acids is 2. The molecule has 0 fully saturated rings. The molecular formula is C11H16N4O4. The van der Waals surface area contributed by atoms with Crippen LogP contribution in [0.15, 0.2) is 24.3 Å². The summed E-state index contributed by atoms with van der Waals surface area (Å²) >= 11 is 0. The zero-order valence-electron chi connectivity index (χ0n) is 10.4. The van der Waals surface area contributed by atoms with E-state index in [0.29, 0.717) is 5.69 Å². The molecule has 0 radical (unpaired) electrons. The number of benzene rings is 1. The van der Waals surface area contributed by atoms with Gasteiger partial charge in [-0.2, -0.15) is 0 Å². The van der Waals surface area contributed by atoms with Crippen molar-refractivity contribution in [1.82, 2.24) is 16.2 Å². The van der Waals surface area contributed by atoms with E-state index >= 15 is 0 Å². The second-order valence-corrected chi connectivity index (χ2v) is 3.58. The predicted molar refractivity (Wildman–Crippen MR) is 68.1 cm³/mol. The highest BCUT2D eigenvalue weighted by atomic mass is 17.1. The molecule has 1 aromatic rings. The van der Waals surface area contributed by atoms with Crippen molar-refractivity contribution in [3.63, 3.8) is 0 Å². The van der Waals surface area contributed by atoms with Gasteiger partial charge in [0.25, 0.3) is 0 Å². The van der Waals surface area contributed by atoms with E-state index in [1.54, 1.807) is 24.3 Å². The highest BCUT2D eigenvalue weighted by molar-refractivity contribution is 5.94. The molecular weight excluding hydrogens is 252 g/mol. The van der Waals surface area contributed by atoms with Crippen LogP contribution in [0.2, 0.25) is 0 Å². The summed E-state index contributed by atoms with van der Waals surface area (Å²) in [5, 5.41) is 13.2. The Kier molecular flexibility index (Phi) is 6.30. The van der Waals surface area contributed by atoms with E-state index in [1.165, 1.54) is 7.05 Å². The van der Waals surface area contributed by atoms with Crippen LogP contribution in [0.3, 0.4) is 0 Å². The lowest BCUT2D eigenvalue weighted by Gasteiger charge is -2.08. The van der Waals surface area contributed by atoms with Gasteiger partial charge in [0.15, 0.2) is 0 Å². The molecule has 0 saturated heterocycles. The van der Waals surface area contributed by atoms with Crippen LogP contribution in [0.25, 0.3) is 0 Å². The Bertz CT molecular complexity index is 421. The zero-order valence-corrected chi connectivity index (χ0v) is 10.4. The highest BCUT2D eigenvalue weighted by Crippen LogP contribution is 2.09. The van der Waals surface area contributed by atoms with Crippen LogP contribution in [0, 0.1) is 0 Å². The number of hydrogen-bond donors (Lipinski definition) is 5. The van der Waals surface area contributed by atoms with Crippen molar-refractivity contribution in [2.75, 3.05) is 18.9 Å². The van der Waals surface area contributed by atoms with Crippen LogP contribution in [0.5, 0.6) is 0 Å². The maximum atomic E-state index is 11.5. The third-order valence-corrected chi connectivity index (χ3v) is 2.12. The van der Waals surface area contributed by atoms with Crippen LogP contribution < -0.4 is 21.5 Å². The fourth-order valence-corrected chi connectivity index (χ4v) is 1.28.